The SMILES string of the molecule is [2H]C1([2H])OC([2H])([2H])C1([2H])Oc1cnccc1Br. The molecule has 0 saturated carbocycles. The van der Waals surface area contributed by atoms with Crippen LogP contribution in [-0.2, 0) is 4.74 Å². The van der Waals surface area contributed by atoms with Gasteiger partial charge in [-0.05, 0) is 22.0 Å². The molecule has 1 fully saturated rings. The van der Waals surface area contributed by atoms with Crippen LogP contribution in [0.4, 0.5) is 0 Å². The smallest absolute Gasteiger partial charge is 0.152 e. The summed E-state index contributed by atoms with van der Waals surface area (Å²) in [6, 6.07) is 1.54. The Balaban J connectivity index is 2.32. The summed E-state index contributed by atoms with van der Waals surface area (Å²) in [5, 5.41) is 0. The molecule has 2 rings (SSSR count). The van der Waals surface area contributed by atoms with E-state index in [-0.39, 0.29) is 5.75 Å². The number of hydrogen-bond donors (Lipinski definition) is 0. The molecular formula is C8H8BrNO2. The molecule has 0 unspecified atom stereocenters. The van der Waals surface area contributed by atoms with Gasteiger partial charge in [-0.2, -0.15) is 0 Å². The van der Waals surface area contributed by atoms with E-state index in [1.54, 1.807) is 6.07 Å². The van der Waals surface area contributed by atoms with Gasteiger partial charge >= 0.3 is 0 Å². The van der Waals surface area contributed by atoms with E-state index < -0.39 is 19.2 Å². The zero-order chi connectivity index (χ0) is 12.9. The fraction of sp³-hybridized carbons (Fsp3) is 0.375. The Morgan fingerprint density at radius 2 is 2.67 bits per heavy atom. The van der Waals surface area contributed by atoms with Crippen LogP contribution in [0.5, 0.6) is 5.75 Å². The van der Waals surface area contributed by atoms with E-state index >= 15 is 0 Å². The standard InChI is InChI=1S/C8H8BrNO2/c9-7-1-2-10-3-8(7)12-6-4-11-5-6/h1-3,6H,4-5H2/i4D2,5D2,6D. The molecule has 1 aromatic heterocycles. The highest BCUT2D eigenvalue weighted by molar-refractivity contribution is 9.10. The average molecular weight is 235 g/mol. The molecule has 1 saturated heterocycles. The largest absolute Gasteiger partial charge is 0.483 e. The monoisotopic (exact) mass is 234 g/mol. The summed E-state index contributed by atoms with van der Waals surface area (Å²) < 4.78 is 47.1. The number of halogens is 1. The van der Waals surface area contributed by atoms with Gasteiger partial charge in [-0.3, -0.25) is 4.98 Å². The second-order valence-corrected chi connectivity index (χ2v) is 2.90. The third-order valence-corrected chi connectivity index (χ3v) is 1.89. The molecule has 2 heterocycles. The Hall–Kier alpha value is -0.610. The van der Waals surface area contributed by atoms with Crippen molar-refractivity contribution in [2.75, 3.05) is 13.1 Å². The summed E-state index contributed by atoms with van der Waals surface area (Å²) in [6.45, 7) is -5.04. The lowest BCUT2D eigenvalue weighted by Crippen LogP contribution is -2.38. The van der Waals surface area contributed by atoms with Crippen molar-refractivity contribution < 1.29 is 16.3 Å². The van der Waals surface area contributed by atoms with Crippen molar-refractivity contribution in [1.82, 2.24) is 4.98 Å². The van der Waals surface area contributed by atoms with Gasteiger partial charge in [0, 0.05) is 6.20 Å². The molecule has 0 bridgehead atoms. The van der Waals surface area contributed by atoms with E-state index in [1.807, 2.05) is 0 Å². The van der Waals surface area contributed by atoms with Crippen LogP contribution < -0.4 is 4.74 Å². The fourth-order valence-corrected chi connectivity index (χ4v) is 0.984. The molecule has 64 valence electrons. The number of hydrogen-bond acceptors (Lipinski definition) is 3. The molecule has 3 nitrogen and oxygen atoms in total. The first-order chi connectivity index (χ1) is 7.70. The summed E-state index contributed by atoms with van der Waals surface area (Å²) in [4.78, 5) is 3.76. The molecule has 0 amide bonds. The molecule has 0 aliphatic carbocycles. The molecule has 1 aliphatic rings. The van der Waals surface area contributed by atoms with Gasteiger partial charge in [0.1, 0.15) is 6.08 Å². The summed E-state index contributed by atoms with van der Waals surface area (Å²) in [5.41, 5.74) is 0. The highest BCUT2D eigenvalue weighted by atomic mass is 79.9. The lowest BCUT2D eigenvalue weighted by atomic mass is 10.3. The second-order valence-electron chi connectivity index (χ2n) is 2.04. The van der Waals surface area contributed by atoms with Crippen LogP contribution in [0.3, 0.4) is 0 Å². The highest BCUT2D eigenvalue weighted by Crippen LogP contribution is 2.24. The third kappa shape index (κ3) is 1.59. The molecule has 0 spiro atoms. The highest BCUT2D eigenvalue weighted by Gasteiger charge is 2.20. The minimum Gasteiger partial charge on any atom is -0.483 e. The first-order valence-corrected chi connectivity index (χ1v) is 3.98. The van der Waals surface area contributed by atoms with Crippen LogP contribution in [-0.4, -0.2) is 24.2 Å². The minimum absolute atomic E-state index is 0.0820. The quantitative estimate of drug-likeness (QED) is 0.780. The van der Waals surface area contributed by atoms with Gasteiger partial charge in [-0.15, -0.1) is 0 Å². The van der Waals surface area contributed by atoms with E-state index in [0.717, 1.165) is 0 Å². The van der Waals surface area contributed by atoms with Gasteiger partial charge in [0.25, 0.3) is 0 Å². The van der Waals surface area contributed by atoms with Gasteiger partial charge in [0.05, 0.1) is 30.6 Å². The lowest BCUT2D eigenvalue weighted by molar-refractivity contribution is -0.0800. The summed E-state index contributed by atoms with van der Waals surface area (Å²) >= 11 is 3.14. The number of rotatable bonds is 2. The van der Waals surface area contributed by atoms with Gasteiger partial charge in [0.15, 0.2) is 5.75 Å². The van der Waals surface area contributed by atoms with E-state index in [9.17, 15) is 0 Å². The number of ether oxygens (including phenoxy) is 2. The zero-order valence-corrected chi connectivity index (χ0v) is 7.46. The zero-order valence-electron chi connectivity index (χ0n) is 10.9. The van der Waals surface area contributed by atoms with Crippen molar-refractivity contribution in [3.8, 4) is 5.75 Å². The molecule has 0 atom stereocenters. The summed E-state index contributed by atoms with van der Waals surface area (Å²) in [7, 11) is 0. The van der Waals surface area contributed by atoms with Crippen molar-refractivity contribution >= 4 is 15.9 Å². The lowest BCUT2D eigenvalue weighted by Gasteiger charge is -2.26. The Labute approximate surface area is 85.9 Å². The van der Waals surface area contributed by atoms with Gasteiger partial charge in [0.2, 0.25) is 0 Å². The van der Waals surface area contributed by atoms with Gasteiger partial charge in [-0.1, -0.05) is 0 Å². The molecule has 0 radical (unpaired) electrons. The molecule has 1 aliphatic heterocycles. The van der Waals surface area contributed by atoms with Crippen molar-refractivity contribution in [2.24, 2.45) is 0 Å². The van der Waals surface area contributed by atoms with Crippen LogP contribution in [0.2, 0.25) is 0 Å². The first kappa shape index (κ1) is 4.07. The second kappa shape index (κ2) is 3.41. The Morgan fingerprint density at radius 1 is 1.83 bits per heavy atom. The van der Waals surface area contributed by atoms with Gasteiger partial charge < -0.3 is 9.47 Å². The molecule has 0 aromatic carbocycles. The maximum atomic E-state index is 7.76. The molecule has 4 heteroatoms. The Bertz CT molecular complexity index is 441. The molecule has 0 N–H and O–H groups in total. The normalized spacial score (nSPS) is 34.2. The Kier molecular flexibility index (Phi) is 1.16. The number of pyridine rings is 1. The van der Waals surface area contributed by atoms with E-state index in [0.29, 0.717) is 4.47 Å². The van der Waals surface area contributed by atoms with Crippen LogP contribution in [0, 0.1) is 0 Å². The Morgan fingerprint density at radius 3 is 3.33 bits per heavy atom. The van der Waals surface area contributed by atoms with Crippen molar-refractivity contribution in [1.29, 1.82) is 0 Å². The van der Waals surface area contributed by atoms with E-state index in [2.05, 4.69) is 25.7 Å². The van der Waals surface area contributed by atoms with Crippen LogP contribution >= 0.6 is 15.9 Å². The number of nitrogens with zero attached hydrogens (tertiary/aromatic N) is 1. The summed E-state index contributed by atoms with van der Waals surface area (Å²) in [5.74, 6) is 0.0820. The topological polar surface area (TPSA) is 31.4 Å². The molecular weight excluding hydrogens is 222 g/mol. The van der Waals surface area contributed by atoms with Crippen LogP contribution in [0.1, 0.15) is 6.85 Å². The molecule has 12 heavy (non-hydrogen) atoms. The predicted octanol–water partition coefficient (Wildman–Crippen LogP) is 1.62. The average Bonchev–Trinajstić information content (AvgIpc) is 2.19. The minimum atomic E-state index is -2.52. The maximum absolute atomic E-state index is 7.76. The number of aromatic nitrogens is 1. The molecule has 1 aromatic rings. The van der Waals surface area contributed by atoms with Crippen molar-refractivity contribution in [2.45, 2.75) is 6.08 Å². The summed E-state index contributed by atoms with van der Waals surface area (Å²) in [6.07, 6.45) is 0.282. The first-order valence-electron chi connectivity index (χ1n) is 5.68. The predicted molar refractivity (Wildman–Crippen MR) is 47.2 cm³/mol. The third-order valence-electron chi connectivity index (χ3n) is 1.23. The van der Waals surface area contributed by atoms with Crippen molar-refractivity contribution in [3.63, 3.8) is 0 Å². The fourth-order valence-electron chi connectivity index (χ4n) is 0.682. The van der Waals surface area contributed by atoms with Crippen LogP contribution in [0.25, 0.3) is 0 Å². The van der Waals surface area contributed by atoms with E-state index in [4.69, 9.17) is 11.6 Å². The van der Waals surface area contributed by atoms with Gasteiger partial charge in [-0.25, -0.2) is 0 Å². The maximum Gasteiger partial charge on any atom is 0.152 e. The van der Waals surface area contributed by atoms with Crippen molar-refractivity contribution in [3.05, 3.63) is 22.9 Å². The van der Waals surface area contributed by atoms with E-state index in [1.165, 1.54) is 12.4 Å². The van der Waals surface area contributed by atoms with Crippen LogP contribution in [0.15, 0.2) is 22.9 Å².